The molecule has 0 aromatic heterocycles. The quantitative estimate of drug-likeness (QED) is 0.669. The molecule has 19 heavy (non-hydrogen) atoms. The first kappa shape index (κ1) is 15.0. The van der Waals surface area contributed by atoms with E-state index >= 15 is 0 Å². The summed E-state index contributed by atoms with van der Waals surface area (Å²) in [6.07, 6.45) is 1.59. The lowest BCUT2D eigenvalue weighted by molar-refractivity contribution is -0.137. The van der Waals surface area contributed by atoms with Gasteiger partial charge in [0.1, 0.15) is 5.70 Å². The van der Waals surface area contributed by atoms with Gasteiger partial charge in [-0.05, 0) is 23.1 Å². The molecule has 0 radical (unpaired) electrons. The summed E-state index contributed by atoms with van der Waals surface area (Å²) in [5.74, 6) is -0.424. The van der Waals surface area contributed by atoms with Crippen LogP contribution in [0.25, 0.3) is 6.08 Å². The molecule has 1 amide bonds. The molecular formula is C15H19NO3. The van der Waals surface area contributed by atoms with E-state index in [1.54, 1.807) is 6.08 Å². The zero-order valence-corrected chi connectivity index (χ0v) is 11.7. The number of methoxy groups -OCH3 is 1. The summed E-state index contributed by atoms with van der Waals surface area (Å²) in [4.78, 5) is 22.6. The number of carbonyl (C=O) groups is 2. The predicted octanol–water partition coefficient (Wildman–Crippen LogP) is 2.46. The summed E-state index contributed by atoms with van der Waals surface area (Å²) in [7, 11) is 1.28. The summed E-state index contributed by atoms with van der Waals surface area (Å²) in [5.41, 5.74) is 2.18. The molecule has 1 aromatic carbocycles. The third-order valence-electron chi connectivity index (χ3n) is 2.63. The second-order valence-electron chi connectivity index (χ2n) is 4.55. The standard InChI is InChI=1S/C15H19NO3/c1-10(2)13-7-5-12(6-8-13)9-14(15(18)19-4)16-11(3)17/h5-10H,1-4H3,(H,16,17)/b14-9-. The fourth-order valence-corrected chi connectivity index (χ4v) is 1.59. The van der Waals surface area contributed by atoms with Crippen LogP contribution < -0.4 is 5.32 Å². The number of benzene rings is 1. The first-order valence-electron chi connectivity index (χ1n) is 6.11. The fourth-order valence-electron chi connectivity index (χ4n) is 1.59. The van der Waals surface area contributed by atoms with E-state index in [0.29, 0.717) is 5.92 Å². The number of carbonyl (C=O) groups excluding carboxylic acids is 2. The molecule has 0 saturated heterocycles. The van der Waals surface area contributed by atoms with Crippen LogP contribution >= 0.6 is 0 Å². The third-order valence-corrected chi connectivity index (χ3v) is 2.63. The Kier molecular flexibility index (Phi) is 5.30. The van der Waals surface area contributed by atoms with Crippen molar-refractivity contribution in [3.8, 4) is 0 Å². The maximum Gasteiger partial charge on any atom is 0.354 e. The number of rotatable bonds is 4. The van der Waals surface area contributed by atoms with Gasteiger partial charge in [0.05, 0.1) is 7.11 Å². The molecule has 0 aliphatic heterocycles. The number of nitrogens with one attached hydrogen (secondary N) is 1. The van der Waals surface area contributed by atoms with E-state index in [1.807, 2.05) is 24.3 Å². The molecule has 0 saturated carbocycles. The Morgan fingerprint density at radius 1 is 1.21 bits per heavy atom. The van der Waals surface area contributed by atoms with E-state index in [1.165, 1.54) is 19.6 Å². The number of ether oxygens (including phenoxy) is 1. The van der Waals surface area contributed by atoms with Gasteiger partial charge < -0.3 is 10.1 Å². The van der Waals surface area contributed by atoms with Crippen molar-refractivity contribution < 1.29 is 14.3 Å². The van der Waals surface area contributed by atoms with Crippen molar-refractivity contribution in [1.29, 1.82) is 0 Å². The maximum atomic E-state index is 11.5. The van der Waals surface area contributed by atoms with Crippen LogP contribution in [0, 0.1) is 0 Å². The Labute approximate surface area is 113 Å². The molecular weight excluding hydrogens is 242 g/mol. The van der Waals surface area contributed by atoms with Gasteiger partial charge in [0.15, 0.2) is 0 Å². The van der Waals surface area contributed by atoms with Crippen LogP contribution in [0.5, 0.6) is 0 Å². The number of esters is 1. The van der Waals surface area contributed by atoms with Crippen molar-refractivity contribution in [1.82, 2.24) is 5.32 Å². The molecule has 0 heterocycles. The Morgan fingerprint density at radius 3 is 2.21 bits per heavy atom. The second kappa shape index (κ2) is 6.73. The normalized spacial score (nSPS) is 11.3. The van der Waals surface area contributed by atoms with Crippen molar-refractivity contribution in [2.75, 3.05) is 7.11 Å². The summed E-state index contributed by atoms with van der Waals surface area (Å²) in [6, 6.07) is 7.80. The molecule has 1 N–H and O–H groups in total. The highest BCUT2D eigenvalue weighted by atomic mass is 16.5. The highest BCUT2D eigenvalue weighted by Gasteiger charge is 2.11. The van der Waals surface area contributed by atoms with Gasteiger partial charge in [-0.1, -0.05) is 38.1 Å². The highest BCUT2D eigenvalue weighted by Crippen LogP contribution is 2.16. The van der Waals surface area contributed by atoms with E-state index < -0.39 is 5.97 Å². The van der Waals surface area contributed by atoms with E-state index in [2.05, 4.69) is 23.9 Å². The van der Waals surface area contributed by atoms with Gasteiger partial charge in [-0.15, -0.1) is 0 Å². The van der Waals surface area contributed by atoms with Crippen molar-refractivity contribution in [3.63, 3.8) is 0 Å². The lowest BCUT2D eigenvalue weighted by Gasteiger charge is -2.07. The minimum Gasteiger partial charge on any atom is -0.464 e. The average Bonchev–Trinajstić information content (AvgIpc) is 2.37. The van der Waals surface area contributed by atoms with Gasteiger partial charge in [-0.25, -0.2) is 4.79 Å². The SMILES string of the molecule is COC(=O)/C(=C/c1ccc(C(C)C)cc1)NC(C)=O. The lowest BCUT2D eigenvalue weighted by Crippen LogP contribution is -2.25. The van der Waals surface area contributed by atoms with Crippen LogP contribution in [0.15, 0.2) is 30.0 Å². The van der Waals surface area contributed by atoms with Gasteiger partial charge in [-0.3, -0.25) is 4.79 Å². The van der Waals surface area contributed by atoms with Crippen LogP contribution in [-0.4, -0.2) is 19.0 Å². The number of amides is 1. The molecule has 0 atom stereocenters. The molecule has 0 spiro atoms. The molecule has 4 heteroatoms. The van der Waals surface area contributed by atoms with E-state index in [4.69, 9.17) is 0 Å². The first-order chi connectivity index (χ1) is 8.93. The molecule has 1 aromatic rings. The monoisotopic (exact) mass is 261 g/mol. The van der Waals surface area contributed by atoms with Gasteiger partial charge in [0.2, 0.25) is 5.91 Å². The van der Waals surface area contributed by atoms with Crippen LogP contribution in [0.3, 0.4) is 0 Å². The molecule has 0 aliphatic carbocycles. The topological polar surface area (TPSA) is 55.4 Å². The van der Waals surface area contributed by atoms with Crippen molar-refractivity contribution in [3.05, 3.63) is 41.1 Å². The van der Waals surface area contributed by atoms with Crippen LogP contribution in [-0.2, 0) is 14.3 Å². The Balaban J connectivity index is 3.00. The predicted molar refractivity (Wildman–Crippen MR) is 74.3 cm³/mol. The largest absolute Gasteiger partial charge is 0.464 e. The summed E-state index contributed by atoms with van der Waals surface area (Å²) < 4.78 is 4.63. The smallest absolute Gasteiger partial charge is 0.354 e. The minimum atomic E-state index is -0.567. The van der Waals surface area contributed by atoms with Gasteiger partial charge >= 0.3 is 5.97 Å². The van der Waals surface area contributed by atoms with E-state index in [9.17, 15) is 9.59 Å². The van der Waals surface area contributed by atoms with Gasteiger partial charge in [0, 0.05) is 6.92 Å². The second-order valence-corrected chi connectivity index (χ2v) is 4.55. The van der Waals surface area contributed by atoms with Crippen molar-refractivity contribution in [2.45, 2.75) is 26.7 Å². The highest BCUT2D eigenvalue weighted by molar-refractivity contribution is 5.97. The zero-order chi connectivity index (χ0) is 14.4. The fraction of sp³-hybridized carbons (Fsp3) is 0.333. The summed E-state index contributed by atoms with van der Waals surface area (Å²) in [6.45, 7) is 5.57. The number of hydrogen-bond acceptors (Lipinski definition) is 3. The average molecular weight is 261 g/mol. The van der Waals surface area contributed by atoms with Gasteiger partial charge in [-0.2, -0.15) is 0 Å². The third kappa shape index (κ3) is 4.58. The minimum absolute atomic E-state index is 0.132. The molecule has 1 rings (SSSR count). The van der Waals surface area contributed by atoms with Gasteiger partial charge in [0.25, 0.3) is 0 Å². The molecule has 0 aliphatic rings. The maximum absolute atomic E-state index is 11.5. The molecule has 4 nitrogen and oxygen atoms in total. The van der Waals surface area contributed by atoms with Crippen LogP contribution in [0.4, 0.5) is 0 Å². The summed E-state index contributed by atoms with van der Waals surface area (Å²) in [5, 5.41) is 2.46. The van der Waals surface area contributed by atoms with Crippen LogP contribution in [0.1, 0.15) is 37.8 Å². The Bertz CT molecular complexity index is 487. The van der Waals surface area contributed by atoms with Crippen LogP contribution in [0.2, 0.25) is 0 Å². The molecule has 102 valence electrons. The zero-order valence-electron chi connectivity index (χ0n) is 11.7. The van der Waals surface area contributed by atoms with E-state index in [-0.39, 0.29) is 11.6 Å². The molecule has 0 unspecified atom stereocenters. The Hall–Kier alpha value is -2.10. The first-order valence-corrected chi connectivity index (χ1v) is 6.11. The summed E-state index contributed by atoms with van der Waals surface area (Å²) >= 11 is 0. The molecule has 0 bridgehead atoms. The van der Waals surface area contributed by atoms with E-state index in [0.717, 1.165) is 5.56 Å². The molecule has 0 fully saturated rings. The van der Waals surface area contributed by atoms with Crippen molar-refractivity contribution >= 4 is 18.0 Å². The number of hydrogen-bond donors (Lipinski definition) is 1. The Morgan fingerprint density at radius 2 is 1.79 bits per heavy atom. The van der Waals surface area contributed by atoms with Crippen molar-refractivity contribution in [2.24, 2.45) is 0 Å². The lowest BCUT2D eigenvalue weighted by atomic mass is 10.0.